The third-order valence-electron chi connectivity index (χ3n) is 1.89. The van der Waals surface area contributed by atoms with E-state index in [-0.39, 0.29) is 5.56 Å². The van der Waals surface area contributed by atoms with Crippen molar-refractivity contribution in [3.8, 4) is 5.75 Å². The van der Waals surface area contributed by atoms with E-state index in [9.17, 15) is 18.3 Å². The van der Waals surface area contributed by atoms with Gasteiger partial charge in [0.25, 0.3) is 0 Å². The molecule has 0 amide bonds. The quantitative estimate of drug-likeness (QED) is 0.843. The molecule has 6 heteroatoms. The minimum Gasteiger partial charge on any atom is -0.406 e. The van der Waals surface area contributed by atoms with E-state index in [1.165, 1.54) is 19.1 Å². The number of hydrogen-bond acceptors (Lipinski definition) is 3. The first-order valence-electron chi connectivity index (χ1n) is 4.51. The zero-order chi connectivity index (χ0) is 12.3. The van der Waals surface area contributed by atoms with E-state index >= 15 is 0 Å². The Morgan fingerprint density at radius 1 is 1.25 bits per heavy atom. The number of halogens is 3. The summed E-state index contributed by atoms with van der Waals surface area (Å²) < 4.78 is 39.4. The van der Waals surface area contributed by atoms with Crippen molar-refractivity contribution >= 4 is 0 Å². The average Bonchev–Trinajstić information content (AvgIpc) is 2.14. The van der Waals surface area contributed by atoms with Crippen molar-refractivity contribution in [3.05, 3.63) is 29.8 Å². The second-order valence-electron chi connectivity index (χ2n) is 3.31. The standard InChI is InChI=1S/C10H11F3O3/c1-6(14)9(15)7-3-2-4-8(5-7)16-10(11,12)13/h2-6,9,14-15H,1H3. The summed E-state index contributed by atoms with van der Waals surface area (Å²) in [6, 6.07) is 4.86. The Morgan fingerprint density at radius 3 is 2.38 bits per heavy atom. The number of benzene rings is 1. The molecule has 0 bridgehead atoms. The van der Waals surface area contributed by atoms with Crippen molar-refractivity contribution in [1.82, 2.24) is 0 Å². The van der Waals surface area contributed by atoms with Crippen molar-refractivity contribution < 1.29 is 28.1 Å². The van der Waals surface area contributed by atoms with Gasteiger partial charge in [0, 0.05) is 0 Å². The Bertz CT molecular complexity index is 349. The first-order chi connectivity index (χ1) is 7.29. The smallest absolute Gasteiger partial charge is 0.406 e. The predicted octanol–water partition coefficient (Wildman–Crippen LogP) is 2.00. The molecule has 0 aromatic heterocycles. The highest BCUT2D eigenvalue weighted by Crippen LogP contribution is 2.26. The van der Waals surface area contributed by atoms with E-state index < -0.39 is 24.3 Å². The molecule has 2 N–H and O–H groups in total. The molecule has 16 heavy (non-hydrogen) atoms. The van der Waals surface area contributed by atoms with Crippen LogP contribution in [0.5, 0.6) is 5.75 Å². The lowest BCUT2D eigenvalue weighted by Crippen LogP contribution is -2.18. The molecule has 0 aliphatic rings. The van der Waals surface area contributed by atoms with Gasteiger partial charge in [0.05, 0.1) is 6.10 Å². The van der Waals surface area contributed by atoms with E-state index in [1.54, 1.807) is 0 Å². The van der Waals surface area contributed by atoms with Crippen LogP contribution in [0.15, 0.2) is 24.3 Å². The summed E-state index contributed by atoms with van der Waals surface area (Å²) in [5, 5.41) is 18.5. The molecule has 1 aromatic carbocycles. The molecular weight excluding hydrogens is 225 g/mol. The van der Waals surface area contributed by atoms with Gasteiger partial charge in [-0.3, -0.25) is 0 Å². The molecular formula is C10H11F3O3. The molecule has 1 rings (SSSR count). The number of alkyl halides is 3. The largest absolute Gasteiger partial charge is 0.573 e. The Labute approximate surface area is 90.1 Å². The molecule has 2 atom stereocenters. The van der Waals surface area contributed by atoms with Crippen molar-refractivity contribution in [3.63, 3.8) is 0 Å². The molecule has 1 aromatic rings. The third kappa shape index (κ3) is 3.71. The van der Waals surface area contributed by atoms with E-state index in [2.05, 4.69) is 4.74 Å². The van der Waals surface area contributed by atoms with Crippen LogP contribution in [-0.2, 0) is 0 Å². The van der Waals surface area contributed by atoms with Crippen LogP contribution in [0.3, 0.4) is 0 Å². The Morgan fingerprint density at radius 2 is 1.88 bits per heavy atom. The third-order valence-corrected chi connectivity index (χ3v) is 1.89. The Hall–Kier alpha value is -1.27. The number of ether oxygens (including phenoxy) is 1. The minimum atomic E-state index is -4.77. The monoisotopic (exact) mass is 236 g/mol. The summed E-state index contributed by atoms with van der Waals surface area (Å²) in [5.74, 6) is -0.426. The van der Waals surface area contributed by atoms with Crippen molar-refractivity contribution in [1.29, 1.82) is 0 Å². The molecule has 0 saturated carbocycles. The summed E-state index contributed by atoms with van der Waals surface area (Å²) in [4.78, 5) is 0. The molecule has 0 fully saturated rings. The fourth-order valence-corrected chi connectivity index (χ4v) is 1.17. The van der Waals surface area contributed by atoms with Crippen LogP contribution in [-0.4, -0.2) is 22.7 Å². The van der Waals surface area contributed by atoms with Crippen LogP contribution in [0.4, 0.5) is 13.2 Å². The predicted molar refractivity (Wildman–Crippen MR) is 49.8 cm³/mol. The second-order valence-corrected chi connectivity index (χ2v) is 3.31. The van der Waals surface area contributed by atoms with E-state index in [0.717, 1.165) is 12.1 Å². The van der Waals surface area contributed by atoms with E-state index in [4.69, 9.17) is 5.11 Å². The molecule has 0 spiro atoms. The van der Waals surface area contributed by atoms with Gasteiger partial charge < -0.3 is 14.9 Å². The van der Waals surface area contributed by atoms with Crippen LogP contribution in [0, 0.1) is 0 Å². The normalized spacial score (nSPS) is 15.6. The lowest BCUT2D eigenvalue weighted by Gasteiger charge is -2.15. The van der Waals surface area contributed by atoms with Gasteiger partial charge in [-0.05, 0) is 24.6 Å². The molecule has 0 heterocycles. The lowest BCUT2D eigenvalue weighted by molar-refractivity contribution is -0.274. The maximum Gasteiger partial charge on any atom is 0.573 e. The highest BCUT2D eigenvalue weighted by Gasteiger charge is 2.31. The van der Waals surface area contributed by atoms with Crippen LogP contribution in [0.25, 0.3) is 0 Å². The number of rotatable bonds is 3. The van der Waals surface area contributed by atoms with Crippen LogP contribution < -0.4 is 4.74 Å². The van der Waals surface area contributed by atoms with Gasteiger partial charge in [-0.1, -0.05) is 12.1 Å². The van der Waals surface area contributed by atoms with Gasteiger partial charge in [0.1, 0.15) is 11.9 Å². The van der Waals surface area contributed by atoms with Crippen LogP contribution in [0.1, 0.15) is 18.6 Å². The maximum absolute atomic E-state index is 11.9. The van der Waals surface area contributed by atoms with Crippen molar-refractivity contribution in [2.45, 2.75) is 25.5 Å². The number of aliphatic hydroxyl groups is 2. The zero-order valence-corrected chi connectivity index (χ0v) is 8.40. The highest BCUT2D eigenvalue weighted by molar-refractivity contribution is 5.30. The Balaban J connectivity index is 2.87. The summed E-state index contributed by atoms with van der Waals surface area (Å²) in [5.41, 5.74) is 0.164. The maximum atomic E-state index is 11.9. The van der Waals surface area contributed by atoms with Gasteiger partial charge in [-0.2, -0.15) is 0 Å². The van der Waals surface area contributed by atoms with Crippen molar-refractivity contribution in [2.75, 3.05) is 0 Å². The number of hydrogen-bond donors (Lipinski definition) is 2. The van der Waals surface area contributed by atoms with Gasteiger partial charge in [0.2, 0.25) is 0 Å². The van der Waals surface area contributed by atoms with Gasteiger partial charge in [-0.25, -0.2) is 0 Å². The summed E-state index contributed by atoms with van der Waals surface area (Å²) in [7, 11) is 0. The average molecular weight is 236 g/mol. The molecule has 90 valence electrons. The van der Waals surface area contributed by atoms with Gasteiger partial charge in [0.15, 0.2) is 0 Å². The summed E-state index contributed by atoms with van der Waals surface area (Å²) in [6.45, 7) is 1.34. The number of aliphatic hydroxyl groups excluding tert-OH is 2. The fourth-order valence-electron chi connectivity index (χ4n) is 1.17. The van der Waals surface area contributed by atoms with Crippen LogP contribution >= 0.6 is 0 Å². The summed E-state index contributed by atoms with van der Waals surface area (Å²) >= 11 is 0. The molecule has 0 radical (unpaired) electrons. The molecule has 2 unspecified atom stereocenters. The molecule has 0 saturated heterocycles. The molecule has 0 aliphatic carbocycles. The van der Waals surface area contributed by atoms with Gasteiger partial charge >= 0.3 is 6.36 Å². The highest BCUT2D eigenvalue weighted by atomic mass is 19.4. The summed E-state index contributed by atoms with van der Waals surface area (Å²) in [6.07, 6.45) is -7.08. The lowest BCUT2D eigenvalue weighted by atomic mass is 10.1. The first-order valence-corrected chi connectivity index (χ1v) is 4.51. The van der Waals surface area contributed by atoms with Gasteiger partial charge in [-0.15, -0.1) is 13.2 Å². The fraction of sp³-hybridized carbons (Fsp3) is 0.400. The Kier molecular flexibility index (Phi) is 3.77. The second kappa shape index (κ2) is 4.71. The topological polar surface area (TPSA) is 49.7 Å². The minimum absolute atomic E-state index is 0.164. The first kappa shape index (κ1) is 12.8. The van der Waals surface area contributed by atoms with Crippen LogP contribution in [0.2, 0.25) is 0 Å². The van der Waals surface area contributed by atoms with Crippen molar-refractivity contribution in [2.24, 2.45) is 0 Å². The van der Waals surface area contributed by atoms with E-state index in [1.807, 2.05) is 0 Å². The zero-order valence-electron chi connectivity index (χ0n) is 8.40. The SMILES string of the molecule is CC(O)C(O)c1cccc(OC(F)(F)F)c1. The molecule has 3 nitrogen and oxygen atoms in total. The molecule has 0 aliphatic heterocycles. The van der Waals surface area contributed by atoms with E-state index in [0.29, 0.717) is 0 Å².